The Morgan fingerprint density at radius 1 is 1.32 bits per heavy atom. The molecule has 1 aromatic heterocycles. The maximum absolute atomic E-state index is 5.50. The second kappa shape index (κ2) is 6.78. The fraction of sp³-hybridized carbons (Fsp3) is 0.333. The third kappa shape index (κ3) is 3.39. The molecule has 0 radical (unpaired) electrons. The lowest BCUT2D eigenvalue weighted by molar-refractivity contribution is 0.407. The van der Waals surface area contributed by atoms with Crippen LogP contribution in [-0.4, -0.2) is 13.7 Å². The van der Waals surface area contributed by atoms with Crippen LogP contribution >= 0.6 is 15.9 Å². The quantitative estimate of drug-likeness (QED) is 0.808. The molecular weight excluding hydrogens is 306 g/mol. The van der Waals surface area contributed by atoms with E-state index in [0.29, 0.717) is 0 Å². The lowest BCUT2D eigenvalue weighted by Crippen LogP contribution is -2.14. The summed E-state index contributed by atoms with van der Waals surface area (Å²) in [6.45, 7) is 3.95. The van der Waals surface area contributed by atoms with Gasteiger partial charge >= 0.3 is 0 Å². The van der Waals surface area contributed by atoms with Crippen molar-refractivity contribution >= 4 is 15.9 Å². The van der Waals surface area contributed by atoms with Crippen molar-refractivity contribution in [3.05, 3.63) is 40.6 Å². The minimum atomic E-state index is 0.795. The first-order valence-electron chi connectivity index (χ1n) is 6.37. The molecule has 3 nitrogen and oxygen atoms in total. The molecule has 0 fully saturated rings. The van der Waals surface area contributed by atoms with Gasteiger partial charge in [-0.25, -0.2) is 0 Å². The highest BCUT2D eigenvalue weighted by Gasteiger charge is 2.10. The van der Waals surface area contributed by atoms with Crippen LogP contribution in [0.25, 0.3) is 11.3 Å². The molecule has 0 unspecified atom stereocenters. The highest BCUT2D eigenvalue weighted by atomic mass is 79.9. The van der Waals surface area contributed by atoms with Crippen molar-refractivity contribution in [1.29, 1.82) is 0 Å². The normalized spacial score (nSPS) is 10.7. The van der Waals surface area contributed by atoms with E-state index in [-0.39, 0.29) is 0 Å². The van der Waals surface area contributed by atoms with Crippen molar-refractivity contribution in [2.75, 3.05) is 13.7 Å². The predicted molar refractivity (Wildman–Crippen MR) is 80.4 cm³/mol. The van der Waals surface area contributed by atoms with Crippen LogP contribution in [0.4, 0.5) is 0 Å². The fourth-order valence-electron chi connectivity index (χ4n) is 1.96. The molecule has 19 heavy (non-hydrogen) atoms. The van der Waals surface area contributed by atoms with Gasteiger partial charge in [0.25, 0.3) is 0 Å². The van der Waals surface area contributed by atoms with E-state index in [2.05, 4.69) is 34.2 Å². The molecule has 0 aliphatic rings. The third-order valence-electron chi connectivity index (χ3n) is 2.90. The van der Waals surface area contributed by atoms with Crippen molar-refractivity contribution < 1.29 is 9.15 Å². The molecule has 0 saturated carbocycles. The lowest BCUT2D eigenvalue weighted by atomic mass is 10.1. The SMILES string of the molecule is CCCNCc1cc(-c2occc2Br)ccc1OC. The summed E-state index contributed by atoms with van der Waals surface area (Å²) in [5.74, 6) is 1.74. The summed E-state index contributed by atoms with van der Waals surface area (Å²) in [7, 11) is 1.70. The average molecular weight is 324 g/mol. The number of hydrogen-bond acceptors (Lipinski definition) is 3. The number of hydrogen-bond donors (Lipinski definition) is 1. The Kier molecular flexibility index (Phi) is 5.05. The minimum absolute atomic E-state index is 0.795. The molecule has 4 heteroatoms. The number of halogens is 1. The smallest absolute Gasteiger partial charge is 0.148 e. The van der Waals surface area contributed by atoms with E-state index in [1.807, 2.05) is 18.2 Å². The highest BCUT2D eigenvalue weighted by molar-refractivity contribution is 9.10. The number of rotatable bonds is 6. The van der Waals surface area contributed by atoms with Gasteiger partial charge in [0.1, 0.15) is 11.5 Å². The topological polar surface area (TPSA) is 34.4 Å². The van der Waals surface area contributed by atoms with Gasteiger partial charge in [0.2, 0.25) is 0 Å². The Morgan fingerprint density at radius 3 is 2.79 bits per heavy atom. The van der Waals surface area contributed by atoms with Crippen molar-refractivity contribution in [3.8, 4) is 17.1 Å². The first-order valence-corrected chi connectivity index (χ1v) is 7.16. The van der Waals surface area contributed by atoms with Crippen LogP contribution in [0.2, 0.25) is 0 Å². The molecule has 2 aromatic rings. The van der Waals surface area contributed by atoms with Gasteiger partial charge in [-0.1, -0.05) is 6.92 Å². The van der Waals surface area contributed by atoms with E-state index < -0.39 is 0 Å². The summed E-state index contributed by atoms with van der Waals surface area (Å²) in [4.78, 5) is 0. The van der Waals surface area contributed by atoms with Crippen LogP contribution in [0.1, 0.15) is 18.9 Å². The second-order valence-electron chi connectivity index (χ2n) is 4.30. The zero-order valence-corrected chi connectivity index (χ0v) is 12.8. The zero-order chi connectivity index (χ0) is 13.7. The number of nitrogens with one attached hydrogen (secondary N) is 1. The summed E-state index contributed by atoms with van der Waals surface area (Å²) in [5, 5.41) is 3.39. The van der Waals surface area contributed by atoms with Gasteiger partial charge in [-0.05, 0) is 53.2 Å². The van der Waals surface area contributed by atoms with Gasteiger partial charge in [0, 0.05) is 17.7 Å². The molecule has 0 bridgehead atoms. The van der Waals surface area contributed by atoms with Gasteiger partial charge in [-0.2, -0.15) is 0 Å². The summed E-state index contributed by atoms with van der Waals surface area (Å²) >= 11 is 3.49. The maximum Gasteiger partial charge on any atom is 0.148 e. The number of methoxy groups -OCH3 is 1. The minimum Gasteiger partial charge on any atom is -0.496 e. The summed E-state index contributed by atoms with van der Waals surface area (Å²) in [5.41, 5.74) is 2.18. The molecule has 0 spiro atoms. The zero-order valence-electron chi connectivity index (χ0n) is 11.2. The van der Waals surface area contributed by atoms with Gasteiger partial charge in [0.05, 0.1) is 17.8 Å². The fourth-order valence-corrected chi connectivity index (χ4v) is 2.39. The summed E-state index contributed by atoms with van der Waals surface area (Å²) in [6.07, 6.45) is 2.80. The van der Waals surface area contributed by atoms with Crippen molar-refractivity contribution in [2.24, 2.45) is 0 Å². The molecule has 0 saturated heterocycles. The maximum atomic E-state index is 5.50. The summed E-state index contributed by atoms with van der Waals surface area (Å²) in [6, 6.07) is 7.98. The Bertz CT molecular complexity index is 537. The van der Waals surface area contributed by atoms with Crippen LogP contribution in [0.5, 0.6) is 5.75 Å². The molecule has 1 N–H and O–H groups in total. The molecule has 102 valence electrons. The first-order chi connectivity index (χ1) is 9.26. The molecule has 0 atom stereocenters. The molecule has 0 amide bonds. The average Bonchev–Trinajstić information content (AvgIpc) is 2.85. The predicted octanol–water partition coefficient (Wildman–Crippen LogP) is 4.22. The number of ether oxygens (including phenoxy) is 1. The highest BCUT2D eigenvalue weighted by Crippen LogP contribution is 2.32. The Labute approximate surface area is 122 Å². The van der Waals surface area contributed by atoms with Gasteiger partial charge < -0.3 is 14.5 Å². The van der Waals surface area contributed by atoms with E-state index in [1.165, 1.54) is 0 Å². The van der Waals surface area contributed by atoms with Crippen LogP contribution in [0.15, 0.2) is 39.4 Å². The van der Waals surface area contributed by atoms with Crippen molar-refractivity contribution in [1.82, 2.24) is 5.32 Å². The monoisotopic (exact) mass is 323 g/mol. The number of benzene rings is 1. The summed E-state index contributed by atoms with van der Waals surface area (Å²) < 4.78 is 11.9. The molecular formula is C15H18BrNO2. The van der Waals surface area contributed by atoms with Crippen LogP contribution in [-0.2, 0) is 6.54 Å². The van der Waals surface area contributed by atoms with E-state index in [9.17, 15) is 0 Å². The van der Waals surface area contributed by atoms with E-state index in [1.54, 1.807) is 13.4 Å². The van der Waals surface area contributed by atoms with E-state index in [0.717, 1.165) is 46.6 Å². The molecule has 1 aromatic carbocycles. The molecule has 0 aliphatic carbocycles. The van der Waals surface area contributed by atoms with Crippen LogP contribution < -0.4 is 10.1 Å². The van der Waals surface area contributed by atoms with Crippen LogP contribution in [0, 0.1) is 0 Å². The van der Waals surface area contributed by atoms with Crippen molar-refractivity contribution in [2.45, 2.75) is 19.9 Å². The van der Waals surface area contributed by atoms with Crippen LogP contribution in [0.3, 0.4) is 0 Å². The van der Waals surface area contributed by atoms with Gasteiger partial charge in [-0.15, -0.1) is 0 Å². The molecule has 0 aliphatic heterocycles. The third-order valence-corrected chi connectivity index (χ3v) is 3.53. The largest absolute Gasteiger partial charge is 0.496 e. The molecule has 1 heterocycles. The Morgan fingerprint density at radius 2 is 2.16 bits per heavy atom. The standard InChI is InChI=1S/C15H18BrNO2/c1-3-7-17-10-12-9-11(4-5-14(12)18-2)15-13(16)6-8-19-15/h4-6,8-9,17H,3,7,10H2,1-2H3. The van der Waals surface area contributed by atoms with Crippen molar-refractivity contribution in [3.63, 3.8) is 0 Å². The first kappa shape index (κ1) is 14.2. The van der Waals surface area contributed by atoms with Gasteiger partial charge in [0.15, 0.2) is 0 Å². The van der Waals surface area contributed by atoms with E-state index in [4.69, 9.17) is 9.15 Å². The Hall–Kier alpha value is -1.26. The lowest BCUT2D eigenvalue weighted by Gasteiger charge is -2.11. The van der Waals surface area contributed by atoms with Gasteiger partial charge in [-0.3, -0.25) is 0 Å². The number of furan rings is 1. The molecule has 2 rings (SSSR count). The second-order valence-corrected chi connectivity index (χ2v) is 5.16. The Balaban J connectivity index is 2.27. The van der Waals surface area contributed by atoms with E-state index >= 15 is 0 Å².